The Bertz CT molecular complexity index is 523. The molecule has 0 bridgehead atoms. The number of para-hydroxylation sites is 1. The topological polar surface area (TPSA) is 78.9 Å². The van der Waals surface area contributed by atoms with Crippen LogP contribution in [0.1, 0.15) is 12.0 Å². The van der Waals surface area contributed by atoms with Crippen LogP contribution >= 0.6 is 0 Å². The Morgan fingerprint density at radius 2 is 2.10 bits per heavy atom. The number of carboxylic acids is 1. The zero-order valence-corrected chi connectivity index (χ0v) is 11.6. The summed E-state index contributed by atoms with van der Waals surface area (Å²) in [7, 11) is 1.41. The van der Waals surface area contributed by atoms with Crippen LogP contribution in [0.15, 0.2) is 18.2 Å². The first kappa shape index (κ1) is 16.7. The molecule has 0 aliphatic heterocycles. The van der Waals surface area contributed by atoms with Gasteiger partial charge in [0.05, 0.1) is 12.1 Å². The van der Waals surface area contributed by atoms with Crippen LogP contribution in [0, 0.1) is 6.92 Å². The highest BCUT2D eigenvalue weighted by molar-refractivity contribution is 5.92. The molecule has 0 aromatic heterocycles. The molecule has 0 saturated carbocycles. The summed E-state index contributed by atoms with van der Waals surface area (Å²) < 4.78 is 29.0. The van der Waals surface area contributed by atoms with Crippen molar-refractivity contribution in [3.63, 3.8) is 0 Å². The maximum Gasteiger partial charge on any atom is 0.387 e. The quantitative estimate of drug-likeness (QED) is 0.846. The van der Waals surface area contributed by atoms with E-state index in [4.69, 9.17) is 5.11 Å². The molecule has 0 aliphatic rings. The van der Waals surface area contributed by atoms with E-state index in [1.54, 1.807) is 13.0 Å². The van der Waals surface area contributed by atoms with E-state index in [9.17, 15) is 18.4 Å². The number of carbonyl (C=O) groups is 2. The van der Waals surface area contributed by atoms with E-state index in [0.717, 1.165) is 4.90 Å². The van der Waals surface area contributed by atoms with Crippen LogP contribution in [0.2, 0.25) is 0 Å². The minimum Gasteiger partial charge on any atom is -0.481 e. The van der Waals surface area contributed by atoms with Crippen LogP contribution in [0.5, 0.6) is 5.75 Å². The zero-order valence-electron chi connectivity index (χ0n) is 11.6. The number of anilines is 1. The minimum atomic E-state index is -3.01. The van der Waals surface area contributed by atoms with Crippen LogP contribution in [-0.2, 0) is 4.79 Å². The average molecular weight is 302 g/mol. The van der Waals surface area contributed by atoms with Gasteiger partial charge in [-0.2, -0.15) is 8.78 Å². The standard InChI is InChI=1S/C13H16F2N2O4/c1-8-4-3-5-9(21-12(14)15)11(8)16-13(20)17(2)7-6-10(18)19/h3-5,12H,6-7H2,1-2H3,(H,16,20)(H,18,19). The number of ether oxygens (including phenoxy) is 1. The van der Waals surface area contributed by atoms with E-state index in [-0.39, 0.29) is 24.4 Å². The van der Waals surface area contributed by atoms with E-state index < -0.39 is 18.6 Å². The fourth-order valence-electron chi connectivity index (χ4n) is 1.56. The normalized spacial score (nSPS) is 10.3. The predicted molar refractivity (Wildman–Crippen MR) is 71.7 cm³/mol. The number of benzene rings is 1. The molecule has 21 heavy (non-hydrogen) atoms. The lowest BCUT2D eigenvalue weighted by atomic mass is 10.2. The number of urea groups is 1. The van der Waals surface area contributed by atoms with Crippen LogP contribution in [-0.4, -0.2) is 42.2 Å². The van der Waals surface area contributed by atoms with Gasteiger partial charge in [0.2, 0.25) is 0 Å². The van der Waals surface area contributed by atoms with Gasteiger partial charge in [0.25, 0.3) is 0 Å². The highest BCUT2D eigenvalue weighted by atomic mass is 19.3. The largest absolute Gasteiger partial charge is 0.481 e. The maximum absolute atomic E-state index is 12.3. The number of rotatable bonds is 6. The summed E-state index contributed by atoms with van der Waals surface area (Å²) in [6.45, 7) is -1.38. The Hall–Kier alpha value is -2.38. The van der Waals surface area contributed by atoms with Gasteiger partial charge in [-0.25, -0.2) is 4.79 Å². The number of aliphatic carboxylic acids is 1. The van der Waals surface area contributed by atoms with Gasteiger partial charge in [0, 0.05) is 13.6 Å². The van der Waals surface area contributed by atoms with E-state index in [0.29, 0.717) is 5.56 Å². The Balaban J connectivity index is 2.81. The molecule has 0 unspecified atom stereocenters. The molecule has 0 atom stereocenters. The summed E-state index contributed by atoms with van der Waals surface area (Å²) >= 11 is 0. The van der Waals surface area contributed by atoms with Crippen LogP contribution in [0.25, 0.3) is 0 Å². The second-order valence-corrected chi connectivity index (χ2v) is 4.32. The number of hydrogen-bond acceptors (Lipinski definition) is 3. The summed E-state index contributed by atoms with van der Waals surface area (Å²) in [5, 5.41) is 11.0. The Morgan fingerprint density at radius 1 is 1.43 bits per heavy atom. The van der Waals surface area contributed by atoms with Crippen molar-refractivity contribution in [2.75, 3.05) is 18.9 Å². The molecule has 0 saturated heterocycles. The van der Waals surface area contributed by atoms with E-state index >= 15 is 0 Å². The highest BCUT2D eigenvalue weighted by Crippen LogP contribution is 2.29. The number of carboxylic acid groups (broad SMARTS) is 1. The van der Waals surface area contributed by atoms with E-state index in [1.807, 2.05) is 0 Å². The summed E-state index contributed by atoms with van der Waals surface area (Å²) in [6.07, 6.45) is -0.210. The fraction of sp³-hybridized carbons (Fsp3) is 0.385. The maximum atomic E-state index is 12.3. The SMILES string of the molecule is Cc1cccc(OC(F)F)c1NC(=O)N(C)CCC(=O)O. The molecule has 0 heterocycles. The number of nitrogens with zero attached hydrogens (tertiary/aromatic N) is 1. The molecule has 1 aromatic carbocycles. The zero-order chi connectivity index (χ0) is 16.0. The monoisotopic (exact) mass is 302 g/mol. The fourth-order valence-corrected chi connectivity index (χ4v) is 1.56. The van der Waals surface area contributed by atoms with Crippen molar-refractivity contribution in [2.45, 2.75) is 20.0 Å². The Morgan fingerprint density at radius 3 is 2.67 bits per heavy atom. The molecule has 0 aliphatic carbocycles. The van der Waals surface area contributed by atoms with Crippen molar-refractivity contribution < 1.29 is 28.2 Å². The second-order valence-electron chi connectivity index (χ2n) is 4.32. The second kappa shape index (κ2) is 7.41. The molecule has 2 N–H and O–H groups in total. The molecule has 0 radical (unpaired) electrons. The number of alkyl halides is 2. The molecule has 0 fully saturated rings. The lowest BCUT2D eigenvalue weighted by molar-refractivity contribution is -0.137. The molecular weight excluding hydrogens is 286 g/mol. The van der Waals surface area contributed by atoms with Crippen molar-refractivity contribution in [2.24, 2.45) is 0 Å². The van der Waals surface area contributed by atoms with Crippen LogP contribution < -0.4 is 10.1 Å². The average Bonchev–Trinajstić information content (AvgIpc) is 2.39. The Labute approximate surface area is 120 Å². The smallest absolute Gasteiger partial charge is 0.387 e. The van der Waals surface area contributed by atoms with Gasteiger partial charge in [-0.05, 0) is 18.6 Å². The van der Waals surface area contributed by atoms with Gasteiger partial charge in [-0.1, -0.05) is 12.1 Å². The number of hydrogen-bond donors (Lipinski definition) is 2. The number of nitrogens with one attached hydrogen (secondary N) is 1. The molecule has 116 valence electrons. The third-order valence-electron chi connectivity index (χ3n) is 2.69. The summed E-state index contributed by atoms with van der Waals surface area (Å²) in [5.41, 5.74) is 0.679. The number of amides is 2. The van der Waals surface area contributed by atoms with Gasteiger partial charge in [0.15, 0.2) is 0 Å². The Kier molecular flexibility index (Phi) is 5.89. The van der Waals surface area contributed by atoms with Gasteiger partial charge in [0.1, 0.15) is 5.75 Å². The van der Waals surface area contributed by atoms with Gasteiger partial charge >= 0.3 is 18.6 Å². The van der Waals surface area contributed by atoms with Crippen molar-refractivity contribution >= 4 is 17.7 Å². The lowest BCUT2D eigenvalue weighted by Gasteiger charge is -2.19. The number of halogens is 2. The first-order chi connectivity index (χ1) is 9.81. The van der Waals surface area contributed by atoms with Crippen molar-refractivity contribution in [1.29, 1.82) is 0 Å². The van der Waals surface area contributed by atoms with Crippen LogP contribution in [0.4, 0.5) is 19.3 Å². The van der Waals surface area contributed by atoms with Gasteiger partial charge < -0.3 is 20.1 Å². The molecule has 6 nitrogen and oxygen atoms in total. The first-order valence-electron chi connectivity index (χ1n) is 6.09. The van der Waals surface area contributed by atoms with Gasteiger partial charge in [-0.15, -0.1) is 0 Å². The molecule has 0 spiro atoms. The van der Waals surface area contributed by atoms with Crippen molar-refractivity contribution in [3.05, 3.63) is 23.8 Å². The third-order valence-corrected chi connectivity index (χ3v) is 2.69. The summed E-state index contributed by atoms with van der Waals surface area (Å²) in [5.74, 6) is -1.18. The molecule has 8 heteroatoms. The number of aryl methyl sites for hydroxylation is 1. The van der Waals surface area contributed by atoms with Gasteiger partial charge in [-0.3, -0.25) is 4.79 Å². The van der Waals surface area contributed by atoms with Crippen LogP contribution in [0.3, 0.4) is 0 Å². The van der Waals surface area contributed by atoms with Crippen molar-refractivity contribution in [1.82, 2.24) is 4.90 Å². The predicted octanol–water partition coefficient (Wildman–Crippen LogP) is 2.53. The third kappa shape index (κ3) is 5.25. The first-order valence-corrected chi connectivity index (χ1v) is 6.09. The summed E-state index contributed by atoms with van der Waals surface area (Å²) in [4.78, 5) is 23.5. The minimum absolute atomic E-state index is 0.00190. The molecular formula is C13H16F2N2O4. The molecule has 2 amide bonds. The number of carbonyl (C=O) groups excluding carboxylic acids is 1. The van der Waals surface area contributed by atoms with E-state index in [2.05, 4.69) is 10.1 Å². The molecule has 1 aromatic rings. The molecule has 1 rings (SSSR count). The van der Waals surface area contributed by atoms with Crippen molar-refractivity contribution in [3.8, 4) is 5.75 Å². The summed E-state index contributed by atoms with van der Waals surface area (Å²) in [6, 6.07) is 3.86. The van der Waals surface area contributed by atoms with E-state index in [1.165, 1.54) is 19.2 Å². The lowest BCUT2D eigenvalue weighted by Crippen LogP contribution is -2.33. The highest BCUT2D eigenvalue weighted by Gasteiger charge is 2.16.